The molecule has 0 spiro atoms. The molecule has 30 heavy (non-hydrogen) atoms. The van der Waals surface area contributed by atoms with Crippen LogP contribution in [0.15, 0.2) is 36.7 Å². The van der Waals surface area contributed by atoms with Gasteiger partial charge in [-0.1, -0.05) is 23.7 Å². The minimum absolute atomic E-state index is 0.171. The molecular formula is C18H23ClN6O3S2. The van der Waals surface area contributed by atoms with Crippen LogP contribution in [0.4, 0.5) is 5.69 Å². The van der Waals surface area contributed by atoms with Gasteiger partial charge in [-0.2, -0.15) is 5.10 Å². The summed E-state index contributed by atoms with van der Waals surface area (Å²) in [5.41, 5.74) is 6.91. The lowest BCUT2D eigenvalue weighted by molar-refractivity contribution is -0.126. The number of piperidine rings is 1. The standard InChI is InChI=1S/C18H23ClN6O3S2/c1-30(27,28)25-8-2-3-14(11-25)17(26)22-23-18(29)21-16-9-20-24(12-16)10-13-4-6-15(19)7-5-13/h4-7,9,12,14H,2-3,8,10-11H2,1H3,(H,22,26)(H2,21,23,29)/t14-/m0/s1. The van der Waals surface area contributed by atoms with Crippen LogP contribution in [0.5, 0.6) is 0 Å². The van der Waals surface area contributed by atoms with E-state index in [1.165, 1.54) is 4.31 Å². The molecule has 1 fully saturated rings. The molecule has 0 saturated carbocycles. The first-order valence-corrected chi connectivity index (χ1v) is 11.9. The Labute approximate surface area is 185 Å². The first kappa shape index (κ1) is 22.5. The van der Waals surface area contributed by atoms with Crippen molar-refractivity contribution < 1.29 is 13.2 Å². The molecule has 2 aromatic rings. The second-order valence-corrected chi connectivity index (χ2v) is 9.91. The zero-order chi connectivity index (χ0) is 21.7. The van der Waals surface area contributed by atoms with Crippen LogP contribution in [0, 0.1) is 5.92 Å². The maximum Gasteiger partial charge on any atom is 0.242 e. The van der Waals surface area contributed by atoms with Gasteiger partial charge in [-0.3, -0.25) is 20.3 Å². The van der Waals surface area contributed by atoms with Crippen LogP contribution in [-0.4, -0.2) is 52.9 Å². The van der Waals surface area contributed by atoms with Gasteiger partial charge in [0.1, 0.15) is 0 Å². The van der Waals surface area contributed by atoms with Crippen molar-refractivity contribution in [2.45, 2.75) is 19.4 Å². The molecule has 162 valence electrons. The summed E-state index contributed by atoms with van der Waals surface area (Å²) in [5.74, 6) is -0.725. The minimum atomic E-state index is -3.31. The van der Waals surface area contributed by atoms with Gasteiger partial charge in [0.05, 0.1) is 30.6 Å². The lowest BCUT2D eigenvalue weighted by Gasteiger charge is -2.30. The number of aromatic nitrogens is 2. The number of anilines is 1. The SMILES string of the molecule is CS(=O)(=O)N1CCC[C@H](C(=O)NNC(=S)Nc2cnn(Cc3ccc(Cl)cc3)c2)C1. The molecule has 1 amide bonds. The van der Waals surface area contributed by atoms with Crippen LogP contribution in [0.3, 0.4) is 0 Å². The molecule has 0 radical (unpaired) electrons. The van der Waals surface area contributed by atoms with Crippen LogP contribution < -0.4 is 16.2 Å². The molecule has 9 nitrogen and oxygen atoms in total. The number of hydrogen-bond acceptors (Lipinski definition) is 5. The number of benzene rings is 1. The number of carbonyl (C=O) groups is 1. The number of hydrogen-bond donors (Lipinski definition) is 3. The molecule has 1 aliphatic heterocycles. The van der Waals surface area contributed by atoms with Crippen molar-refractivity contribution in [3.63, 3.8) is 0 Å². The molecule has 3 N–H and O–H groups in total. The highest BCUT2D eigenvalue weighted by Gasteiger charge is 2.30. The van der Waals surface area contributed by atoms with Crippen LogP contribution in [-0.2, 0) is 21.4 Å². The summed E-state index contributed by atoms with van der Waals surface area (Å²) in [6.07, 6.45) is 5.82. The average molecular weight is 471 g/mol. The van der Waals surface area contributed by atoms with Gasteiger partial charge in [-0.25, -0.2) is 12.7 Å². The Morgan fingerprint density at radius 2 is 2.03 bits per heavy atom. The lowest BCUT2D eigenvalue weighted by Crippen LogP contribution is -2.50. The monoisotopic (exact) mass is 470 g/mol. The Bertz CT molecular complexity index is 1010. The third kappa shape index (κ3) is 6.39. The van der Waals surface area contributed by atoms with Crippen molar-refractivity contribution in [2.75, 3.05) is 24.7 Å². The number of thiocarbonyl (C=S) groups is 1. The van der Waals surface area contributed by atoms with Gasteiger partial charge in [0.25, 0.3) is 0 Å². The number of carbonyl (C=O) groups excluding carboxylic acids is 1. The number of amides is 1. The van der Waals surface area contributed by atoms with Gasteiger partial charge in [0, 0.05) is 24.3 Å². The third-order valence-corrected chi connectivity index (χ3v) is 6.40. The molecule has 1 aromatic carbocycles. The van der Waals surface area contributed by atoms with E-state index in [2.05, 4.69) is 21.3 Å². The van der Waals surface area contributed by atoms with Crippen molar-refractivity contribution in [1.29, 1.82) is 0 Å². The number of rotatable bonds is 5. The zero-order valence-electron chi connectivity index (χ0n) is 16.3. The molecule has 0 aliphatic carbocycles. The van der Waals surface area contributed by atoms with Crippen molar-refractivity contribution in [3.05, 3.63) is 47.2 Å². The Morgan fingerprint density at radius 1 is 1.30 bits per heavy atom. The van der Waals surface area contributed by atoms with E-state index in [0.29, 0.717) is 36.6 Å². The first-order valence-electron chi connectivity index (χ1n) is 9.29. The predicted octanol–water partition coefficient (Wildman–Crippen LogP) is 1.57. The van der Waals surface area contributed by atoms with Crippen LogP contribution >= 0.6 is 23.8 Å². The second kappa shape index (κ2) is 9.73. The Balaban J connectivity index is 1.46. The topological polar surface area (TPSA) is 108 Å². The summed E-state index contributed by atoms with van der Waals surface area (Å²) in [7, 11) is -3.31. The first-order chi connectivity index (χ1) is 14.2. The van der Waals surface area contributed by atoms with Gasteiger partial charge >= 0.3 is 0 Å². The van der Waals surface area contributed by atoms with Crippen LogP contribution in [0.1, 0.15) is 18.4 Å². The fourth-order valence-electron chi connectivity index (χ4n) is 3.13. The van der Waals surface area contributed by atoms with E-state index in [1.54, 1.807) is 17.1 Å². The summed E-state index contributed by atoms with van der Waals surface area (Å²) in [6, 6.07) is 7.50. The molecule has 1 atom stereocenters. The van der Waals surface area contributed by atoms with Gasteiger partial charge in [0.15, 0.2) is 5.11 Å². The summed E-state index contributed by atoms with van der Waals surface area (Å²) in [6.45, 7) is 1.19. The van der Waals surface area contributed by atoms with Crippen LogP contribution in [0.2, 0.25) is 5.02 Å². The van der Waals surface area contributed by atoms with Crippen molar-refractivity contribution in [3.8, 4) is 0 Å². The number of sulfonamides is 1. The molecule has 1 saturated heterocycles. The highest BCUT2D eigenvalue weighted by molar-refractivity contribution is 7.88. The van der Waals surface area contributed by atoms with Gasteiger partial charge in [-0.15, -0.1) is 0 Å². The number of nitrogens with one attached hydrogen (secondary N) is 3. The quantitative estimate of drug-likeness (QED) is 0.449. The summed E-state index contributed by atoms with van der Waals surface area (Å²) in [5, 5.41) is 8.09. The molecule has 3 rings (SSSR count). The number of hydrazine groups is 1. The molecule has 0 unspecified atom stereocenters. The van der Waals surface area contributed by atoms with Crippen molar-refractivity contribution in [1.82, 2.24) is 24.9 Å². The summed E-state index contributed by atoms with van der Waals surface area (Å²) >= 11 is 11.1. The third-order valence-electron chi connectivity index (χ3n) is 4.67. The second-order valence-electron chi connectivity index (χ2n) is 7.08. The number of nitrogens with zero attached hydrogens (tertiary/aromatic N) is 3. The van der Waals surface area contributed by atoms with E-state index in [-0.39, 0.29) is 17.6 Å². The summed E-state index contributed by atoms with van der Waals surface area (Å²) in [4.78, 5) is 12.4. The van der Waals surface area contributed by atoms with Crippen molar-refractivity contribution >= 4 is 50.5 Å². The highest BCUT2D eigenvalue weighted by atomic mass is 35.5. The average Bonchev–Trinajstić information content (AvgIpc) is 3.14. The predicted molar refractivity (Wildman–Crippen MR) is 119 cm³/mol. The Hall–Kier alpha value is -2.21. The van der Waals surface area contributed by atoms with E-state index >= 15 is 0 Å². The maximum atomic E-state index is 12.4. The highest BCUT2D eigenvalue weighted by Crippen LogP contribution is 2.18. The van der Waals surface area contributed by atoms with Crippen LogP contribution in [0.25, 0.3) is 0 Å². The maximum absolute atomic E-state index is 12.4. The normalized spacial score (nSPS) is 17.3. The van der Waals surface area contributed by atoms with Gasteiger partial charge in [-0.05, 0) is 42.8 Å². The zero-order valence-corrected chi connectivity index (χ0v) is 18.7. The van der Waals surface area contributed by atoms with E-state index in [1.807, 2.05) is 24.3 Å². The van der Waals surface area contributed by atoms with Gasteiger partial charge in [0.2, 0.25) is 15.9 Å². The lowest BCUT2D eigenvalue weighted by atomic mass is 9.99. The van der Waals surface area contributed by atoms with Crippen molar-refractivity contribution in [2.24, 2.45) is 5.92 Å². The van der Waals surface area contributed by atoms with E-state index in [0.717, 1.165) is 11.8 Å². The van der Waals surface area contributed by atoms with E-state index < -0.39 is 15.9 Å². The molecule has 1 aliphatic rings. The Kier molecular flexibility index (Phi) is 7.29. The van der Waals surface area contributed by atoms with Gasteiger partial charge < -0.3 is 5.32 Å². The molecule has 0 bridgehead atoms. The fourth-order valence-corrected chi connectivity index (χ4v) is 4.34. The smallest absolute Gasteiger partial charge is 0.242 e. The molecule has 12 heteroatoms. The van der Waals surface area contributed by atoms with E-state index in [4.69, 9.17) is 23.8 Å². The summed E-state index contributed by atoms with van der Waals surface area (Å²) < 4.78 is 26.5. The fraction of sp³-hybridized carbons (Fsp3) is 0.389. The van der Waals surface area contributed by atoms with E-state index in [9.17, 15) is 13.2 Å². The minimum Gasteiger partial charge on any atom is -0.329 e. The molecular weight excluding hydrogens is 448 g/mol. The molecule has 1 aromatic heterocycles. The largest absolute Gasteiger partial charge is 0.329 e. The molecule has 2 heterocycles. The number of halogens is 1. The Morgan fingerprint density at radius 3 is 2.73 bits per heavy atom.